The molecule has 0 radical (unpaired) electrons. The average molecular weight is 673 g/mol. The zero-order chi connectivity index (χ0) is 33.8. The molecule has 1 saturated heterocycles. The number of piperazine rings is 1. The van der Waals surface area contributed by atoms with Crippen LogP contribution >= 0.6 is 11.3 Å². The number of benzene rings is 1. The van der Waals surface area contributed by atoms with Gasteiger partial charge in [-0.15, -0.1) is 0 Å². The fourth-order valence-corrected chi connectivity index (χ4v) is 6.33. The Hall–Kier alpha value is -5.08. The lowest BCUT2D eigenvalue weighted by molar-refractivity contribution is -0.126. The molecular weight excluding hydrogens is 635 g/mol. The molecule has 4 aromatic rings. The topological polar surface area (TPSA) is 125 Å². The van der Waals surface area contributed by atoms with Crippen LogP contribution in [0.1, 0.15) is 21.7 Å². The van der Waals surface area contributed by atoms with E-state index in [1.54, 1.807) is 44.5 Å². The van der Waals surface area contributed by atoms with Crippen molar-refractivity contribution in [3.63, 3.8) is 0 Å². The van der Waals surface area contributed by atoms with E-state index in [0.717, 1.165) is 29.1 Å². The minimum absolute atomic E-state index is 0.0232. The number of aryl methyl sites for hydroxylation is 1. The molecule has 1 unspecified atom stereocenters. The third-order valence-electron chi connectivity index (χ3n) is 8.13. The summed E-state index contributed by atoms with van der Waals surface area (Å²) in [5.74, 6) is 1.34. The lowest BCUT2D eigenvalue weighted by Crippen LogP contribution is -2.54. The number of ether oxygens (including phenoxy) is 2. The molecule has 12 nitrogen and oxygen atoms in total. The largest absolute Gasteiger partial charge is 0.493 e. The quantitative estimate of drug-likeness (QED) is 0.236. The summed E-state index contributed by atoms with van der Waals surface area (Å²) in [7, 11) is 5.48. The van der Waals surface area contributed by atoms with Crippen molar-refractivity contribution in [1.29, 1.82) is 0 Å². The normalized spacial score (nSPS) is 15.8. The first-order valence-corrected chi connectivity index (χ1v) is 16.4. The van der Waals surface area contributed by atoms with E-state index < -0.39 is 11.7 Å². The summed E-state index contributed by atoms with van der Waals surface area (Å²) in [6, 6.07) is 10.3. The van der Waals surface area contributed by atoms with E-state index in [2.05, 4.69) is 20.5 Å². The molecule has 0 aliphatic carbocycles. The van der Waals surface area contributed by atoms with Gasteiger partial charge in [0.05, 0.1) is 37.3 Å². The smallest absolute Gasteiger partial charge is 0.267 e. The van der Waals surface area contributed by atoms with E-state index in [1.807, 2.05) is 42.1 Å². The summed E-state index contributed by atoms with van der Waals surface area (Å²) in [4.78, 5) is 46.0. The van der Waals surface area contributed by atoms with Gasteiger partial charge in [-0.05, 0) is 50.8 Å². The first-order valence-electron chi connectivity index (χ1n) is 15.5. The Balaban J connectivity index is 1.17. The second-order valence-corrected chi connectivity index (χ2v) is 12.8. The van der Waals surface area contributed by atoms with Crippen molar-refractivity contribution in [2.75, 3.05) is 69.5 Å². The van der Waals surface area contributed by atoms with Gasteiger partial charge in [0.2, 0.25) is 5.91 Å². The highest BCUT2D eigenvalue weighted by molar-refractivity contribution is 7.17. The highest BCUT2D eigenvalue weighted by atomic mass is 32.1. The number of para-hydroxylation sites is 1. The minimum Gasteiger partial charge on any atom is -0.493 e. The lowest BCUT2D eigenvalue weighted by Gasteiger charge is -2.40. The SMILES string of the molecule is COc1ccc(-c2cnc3c(c2)OCCC2CN(C(=O)/C=C/CN(C)C)CCN32)nc1Nc1ncc(C(=O)Nc2c(C)cccc2F)s1. The number of carbonyl (C=O) groups is 2. The second-order valence-electron chi connectivity index (χ2n) is 11.8. The summed E-state index contributed by atoms with van der Waals surface area (Å²) in [6.07, 6.45) is 7.50. The number of thiazole rings is 1. The maximum Gasteiger partial charge on any atom is 0.267 e. The third kappa shape index (κ3) is 7.24. The van der Waals surface area contributed by atoms with Crippen molar-refractivity contribution < 1.29 is 23.5 Å². The number of hydrogen-bond donors (Lipinski definition) is 2. The Morgan fingerprint density at radius 1 is 1.19 bits per heavy atom. The zero-order valence-corrected chi connectivity index (χ0v) is 28.0. The fraction of sp³-hybridized carbons (Fsp3) is 0.324. The number of nitrogens with one attached hydrogen (secondary N) is 2. The molecule has 0 spiro atoms. The maximum absolute atomic E-state index is 14.3. The van der Waals surface area contributed by atoms with Gasteiger partial charge in [-0.1, -0.05) is 29.5 Å². The minimum atomic E-state index is -0.507. The van der Waals surface area contributed by atoms with Gasteiger partial charge in [-0.25, -0.2) is 19.3 Å². The van der Waals surface area contributed by atoms with Gasteiger partial charge in [0.15, 0.2) is 28.3 Å². The van der Waals surface area contributed by atoms with Crippen LogP contribution in [0.2, 0.25) is 0 Å². The van der Waals surface area contributed by atoms with Crippen LogP contribution in [0.4, 0.5) is 26.8 Å². The van der Waals surface area contributed by atoms with Gasteiger partial charge < -0.3 is 34.8 Å². The predicted octanol–water partition coefficient (Wildman–Crippen LogP) is 4.97. The lowest BCUT2D eigenvalue weighted by atomic mass is 10.1. The Morgan fingerprint density at radius 3 is 2.83 bits per heavy atom. The van der Waals surface area contributed by atoms with E-state index in [0.29, 0.717) is 71.4 Å². The van der Waals surface area contributed by atoms with Crippen molar-refractivity contribution in [1.82, 2.24) is 24.8 Å². The van der Waals surface area contributed by atoms with Crippen LogP contribution in [0, 0.1) is 12.7 Å². The van der Waals surface area contributed by atoms with Crippen LogP contribution in [-0.4, -0.2) is 96.6 Å². The number of carbonyl (C=O) groups excluding carboxylic acids is 2. The molecule has 2 aliphatic rings. The Morgan fingerprint density at radius 2 is 2.04 bits per heavy atom. The summed E-state index contributed by atoms with van der Waals surface area (Å²) in [5, 5.41) is 6.20. The number of aromatic nitrogens is 3. The molecule has 1 aromatic carbocycles. The number of likely N-dealkylation sites (N-methyl/N-ethyl adjacent to an activating group) is 1. The number of nitrogens with zero attached hydrogens (tertiary/aromatic N) is 6. The van der Waals surface area contributed by atoms with Crippen molar-refractivity contribution in [3.05, 3.63) is 77.2 Å². The number of hydrogen-bond acceptors (Lipinski definition) is 11. The molecule has 2 N–H and O–H groups in total. The molecule has 1 atom stereocenters. The van der Waals surface area contributed by atoms with Crippen molar-refractivity contribution in [3.8, 4) is 22.8 Å². The van der Waals surface area contributed by atoms with Crippen molar-refractivity contribution in [2.45, 2.75) is 19.4 Å². The standard InChI is InChI=1S/C34H37FN8O4S/c1-21-7-5-8-24(35)30(21)39-33(45)28-19-37-34(48-28)40-31-26(46-4)11-10-25(38-31)22-17-27-32(36-18-22)43-15-14-42(20-23(43)12-16-47-27)29(44)9-6-13-41(2)3/h5-11,17-19,23H,12-16,20H2,1-4H3,(H,39,45)(H,37,38,40)/b9-6+. The average Bonchev–Trinajstić information content (AvgIpc) is 3.47. The molecule has 1 fully saturated rings. The van der Waals surface area contributed by atoms with E-state index in [9.17, 15) is 14.0 Å². The Kier molecular flexibility index (Phi) is 9.82. The molecular formula is C34H37FN8O4S. The molecule has 6 rings (SSSR count). The Bertz CT molecular complexity index is 1830. The molecule has 250 valence electrons. The molecule has 5 heterocycles. The first kappa shape index (κ1) is 32.8. The van der Waals surface area contributed by atoms with E-state index in [4.69, 9.17) is 19.4 Å². The molecule has 0 bridgehead atoms. The van der Waals surface area contributed by atoms with E-state index in [-0.39, 0.29) is 17.6 Å². The van der Waals surface area contributed by atoms with Crippen LogP contribution in [0.25, 0.3) is 11.3 Å². The molecule has 14 heteroatoms. The number of anilines is 4. The monoisotopic (exact) mass is 672 g/mol. The molecule has 48 heavy (non-hydrogen) atoms. The summed E-state index contributed by atoms with van der Waals surface area (Å²) in [6.45, 7) is 4.80. The van der Waals surface area contributed by atoms with Crippen LogP contribution in [-0.2, 0) is 4.79 Å². The van der Waals surface area contributed by atoms with Gasteiger partial charge >= 0.3 is 0 Å². The molecule has 2 amide bonds. The third-order valence-corrected chi connectivity index (χ3v) is 9.04. The van der Waals surface area contributed by atoms with Crippen LogP contribution < -0.4 is 25.0 Å². The zero-order valence-electron chi connectivity index (χ0n) is 27.2. The van der Waals surface area contributed by atoms with Crippen LogP contribution in [0.3, 0.4) is 0 Å². The second kappa shape index (κ2) is 14.4. The van der Waals surface area contributed by atoms with Crippen molar-refractivity contribution in [2.24, 2.45) is 0 Å². The van der Waals surface area contributed by atoms with Gasteiger partial charge in [0.1, 0.15) is 10.7 Å². The fourth-order valence-electron chi connectivity index (χ4n) is 5.62. The number of rotatable bonds is 9. The molecule has 2 aliphatic heterocycles. The Labute approximate surface area is 282 Å². The number of pyridine rings is 2. The summed E-state index contributed by atoms with van der Waals surface area (Å²) >= 11 is 1.11. The number of fused-ring (bicyclic) bond motifs is 3. The van der Waals surface area contributed by atoms with Crippen LogP contribution in [0.15, 0.2) is 60.9 Å². The van der Waals surface area contributed by atoms with Crippen LogP contribution in [0.5, 0.6) is 11.5 Å². The highest BCUT2D eigenvalue weighted by Crippen LogP contribution is 2.37. The summed E-state index contributed by atoms with van der Waals surface area (Å²) < 4.78 is 26.0. The van der Waals surface area contributed by atoms with Crippen molar-refractivity contribution >= 4 is 45.6 Å². The van der Waals surface area contributed by atoms with Gasteiger partial charge in [0, 0.05) is 50.4 Å². The molecule has 0 saturated carbocycles. The molecule has 3 aromatic heterocycles. The van der Waals surface area contributed by atoms with Gasteiger partial charge in [-0.3, -0.25) is 9.59 Å². The number of halogens is 1. The maximum atomic E-state index is 14.3. The highest BCUT2D eigenvalue weighted by Gasteiger charge is 2.33. The van der Waals surface area contributed by atoms with Gasteiger partial charge in [-0.2, -0.15) is 0 Å². The van der Waals surface area contributed by atoms with Gasteiger partial charge in [0.25, 0.3) is 5.91 Å². The number of methoxy groups -OCH3 is 1. The predicted molar refractivity (Wildman–Crippen MR) is 184 cm³/mol. The van der Waals surface area contributed by atoms with E-state index >= 15 is 0 Å². The van der Waals surface area contributed by atoms with E-state index in [1.165, 1.54) is 12.3 Å². The first-order chi connectivity index (χ1) is 23.2. The number of amides is 2. The summed E-state index contributed by atoms with van der Waals surface area (Å²) in [5.41, 5.74) is 2.13.